The van der Waals surface area contributed by atoms with Gasteiger partial charge in [-0.05, 0) is 59.8 Å². The van der Waals surface area contributed by atoms with Crippen molar-refractivity contribution < 1.29 is 4.79 Å². The predicted octanol–water partition coefficient (Wildman–Crippen LogP) is 2.68. The van der Waals surface area contributed by atoms with Crippen LogP contribution in [-0.4, -0.2) is 18.5 Å². The molecule has 1 amide bonds. The maximum atomic E-state index is 12.1. The molecule has 1 aromatic heterocycles. The van der Waals surface area contributed by atoms with Crippen molar-refractivity contribution in [2.24, 2.45) is 11.7 Å². The van der Waals surface area contributed by atoms with Crippen molar-refractivity contribution in [3.05, 3.63) is 20.3 Å². The zero-order valence-electron chi connectivity index (χ0n) is 9.83. The van der Waals surface area contributed by atoms with Gasteiger partial charge in [-0.1, -0.05) is 6.42 Å². The van der Waals surface area contributed by atoms with Gasteiger partial charge in [-0.2, -0.15) is 0 Å². The Morgan fingerprint density at radius 3 is 3.00 bits per heavy atom. The summed E-state index contributed by atoms with van der Waals surface area (Å²) in [6, 6.07) is 2.19. The minimum Gasteiger partial charge on any atom is -0.348 e. The van der Waals surface area contributed by atoms with Crippen LogP contribution in [-0.2, 0) is 0 Å². The van der Waals surface area contributed by atoms with Crippen LogP contribution < -0.4 is 11.1 Å². The van der Waals surface area contributed by atoms with E-state index in [1.807, 2.05) is 13.0 Å². The van der Waals surface area contributed by atoms with Crippen LogP contribution in [0.15, 0.2) is 9.85 Å². The summed E-state index contributed by atoms with van der Waals surface area (Å²) in [5.74, 6) is 0.484. The highest BCUT2D eigenvalue weighted by Gasteiger charge is 2.28. The molecule has 0 aliphatic heterocycles. The Balaban J connectivity index is 2.01. The minimum absolute atomic E-state index is 0.0362. The number of hydrogen-bond donors (Lipinski definition) is 2. The lowest BCUT2D eigenvalue weighted by Crippen LogP contribution is -2.39. The summed E-state index contributed by atoms with van der Waals surface area (Å²) >= 11 is 4.93. The minimum atomic E-state index is 0.0362. The van der Waals surface area contributed by atoms with E-state index < -0.39 is 0 Å². The van der Waals surface area contributed by atoms with Gasteiger partial charge in [0.1, 0.15) is 0 Å². The molecule has 1 heterocycles. The zero-order valence-corrected chi connectivity index (χ0v) is 12.2. The molecule has 0 radical (unpaired) electrons. The third kappa shape index (κ3) is 2.89. The SMILES string of the molecule is Cc1cc(C(=O)NC2CCCC2CN)sc1Br. The number of amides is 1. The summed E-state index contributed by atoms with van der Waals surface area (Å²) in [4.78, 5) is 12.8. The molecular formula is C12H17BrN2OS. The first-order chi connectivity index (χ1) is 8.11. The monoisotopic (exact) mass is 316 g/mol. The molecule has 94 valence electrons. The first kappa shape index (κ1) is 13.1. The Kier molecular flexibility index (Phi) is 4.22. The van der Waals surface area contributed by atoms with Crippen molar-refractivity contribution in [2.75, 3.05) is 6.54 Å². The summed E-state index contributed by atoms with van der Waals surface area (Å²) in [6.45, 7) is 2.66. The van der Waals surface area contributed by atoms with Crippen LogP contribution in [0.4, 0.5) is 0 Å². The number of aryl methyl sites for hydroxylation is 1. The molecule has 17 heavy (non-hydrogen) atoms. The molecule has 2 atom stereocenters. The van der Waals surface area contributed by atoms with Gasteiger partial charge in [-0.25, -0.2) is 0 Å². The van der Waals surface area contributed by atoms with Crippen LogP contribution in [0.25, 0.3) is 0 Å². The zero-order chi connectivity index (χ0) is 12.4. The third-order valence-electron chi connectivity index (χ3n) is 3.36. The average molecular weight is 317 g/mol. The van der Waals surface area contributed by atoms with E-state index in [1.54, 1.807) is 0 Å². The van der Waals surface area contributed by atoms with Gasteiger partial charge in [0, 0.05) is 6.04 Å². The van der Waals surface area contributed by atoms with Gasteiger partial charge in [0.15, 0.2) is 0 Å². The summed E-state index contributed by atoms with van der Waals surface area (Å²) in [5.41, 5.74) is 6.82. The highest BCUT2D eigenvalue weighted by atomic mass is 79.9. The molecule has 1 aliphatic rings. The van der Waals surface area contributed by atoms with Gasteiger partial charge in [-0.15, -0.1) is 11.3 Å². The van der Waals surface area contributed by atoms with E-state index in [2.05, 4.69) is 21.2 Å². The van der Waals surface area contributed by atoms with E-state index in [0.29, 0.717) is 12.5 Å². The van der Waals surface area contributed by atoms with Crippen LogP contribution in [0.5, 0.6) is 0 Å². The van der Waals surface area contributed by atoms with Crippen LogP contribution in [0.2, 0.25) is 0 Å². The Labute approximate surface area is 114 Å². The molecule has 0 bridgehead atoms. The molecule has 2 unspecified atom stereocenters. The van der Waals surface area contributed by atoms with Crippen LogP contribution in [0.1, 0.15) is 34.5 Å². The number of thiophene rings is 1. The number of carbonyl (C=O) groups excluding carboxylic acids is 1. The average Bonchev–Trinajstić information content (AvgIpc) is 2.86. The number of hydrogen-bond acceptors (Lipinski definition) is 3. The first-order valence-corrected chi connectivity index (χ1v) is 7.49. The summed E-state index contributed by atoms with van der Waals surface area (Å²) in [5, 5.41) is 3.11. The maximum Gasteiger partial charge on any atom is 0.261 e. The molecule has 1 aliphatic carbocycles. The van der Waals surface area contributed by atoms with E-state index in [0.717, 1.165) is 27.1 Å². The molecule has 1 aromatic rings. The van der Waals surface area contributed by atoms with Gasteiger partial charge in [0.05, 0.1) is 8.66 Å². The van der Waals surface area contributed by atoms with Gasteiger partial charge in [0.25, 0.3) is 5.91 Å². The first-order valence-electron chi connectivity index (χ1n) is 5.88. The topological polar surface area (TPSA) is 55.1 Å². The molecule has 5 heteroatoms. The predicted molar refractivity (Wildman–Crippen MR) is 74.4 cm³/mol. The van der Waals surface area contributed by atoms with E-state index in [-0.39, 0.29) is 11.9 Å². The van der Waals surface area contributed by atoms with E-state index >= 15 is 0 Å². The summed E-state index contributed by atoms with van der Waals surface area (Å²) in [6.07, 6.45) is 3.35. The fourth-order valence-electron chi connectivity index (χ4n) is 2.32. The third-order valence-corrected chi connectivity index (χ3v) is 5.49. The van der Waals surface area contributed by atoms with Crippen LogP contribution in [0, 0.1) is 12.8 Å². The van der Waals surface area contributed by atoms with E-state index in [1.165, 1.54) is 17.8 Å². The lowest BCUT2D eigenvalue weighted by atomic mass is 10.0. The van der Waals surface area contributed by atoms with E-state index in [9.17, 15) is 4.79 Å². The van der Waals surface area contributed by atoms with Crippen LogP contribution >= 0.6 is 27.3 Å². The molecule has 0 saturated heterocycles. The Hall–Kier alpha value is -0.390. The number of nitrogens with one attached hydrogen (secondary N) is 1. The largest absolute Gasteiger partial charge is 0.348 e. The molecule has 2 rings (SSSR count). The number of rotatable bonds is 3. The van der Waals surface area contributed by atoms with Crippen molar-refractivity contribution in [3.8, 4) is 0 Å². The number of nitrogens with two attached hydrogens (primary N) is 1. The molecule has 0 spiro atoms. The van der Waals surface area contributed by atoms with Crippen LogP contribution in [0.3, 0.4) is 0 Å². The molecular weight excluding hydrogens is 300 g/mol. The molecule has 1 saturated carbocycles. The highest BCUT2D eigenvalue weighted by molar-refractivity contribution is 9.11. The fraction of sp³-hybridized carbons (Fsp3) is 0.583. The normalized spacial score (nSPS) is 23.9. The molecule has 3 N–H and O–H groups in total. The van der Waals surface area contributed by atoms with Crippen molar-refractivity contribution in [3.63, 3.8) is 0 Å². The van der Waals surface area contributed by atoms with Crippen molar-refractivity contribution in [2.45, 2.75) is 32.2 Å². The highest BCUT2D eigenvalue weighted by Crippen LogP contribution is 2.29. The molecule has 3 nitrogen and oxygen atoms in total. The second-order valence-corrected chi connectivity index (χ2v) is 6.94. The van der Waals surface area contributed by atoms with Gasteiger partial charge in [0.2, 0.25) is 0 Å². The Bertz CT molecular complexity index is 399. The van der Waals surface area contributed by atoms with Gasteiger partial charge < -0.3 is 11.1 Å². The van der Waals surface area contributed by atoms with Crippen molar-refractivity contribution in [1.82, 2.24) is 5.32 Å². The number of halogens is 1. The molecule has 1 fully saturated rings. The van der Waals surface area contributed by atoms with E-state index in [4.69, 9.17) is 5.73 Å². The van der Waals surface area contributed by atoms with Crippen molar-refractivity contribution in [1.29, 1.82) is 0 Å². The molecule has 0 aromatic carbocycles. The van der Waals surface area contributed by atoms with Gasteiger partial charge in [-0.3, -0.25) is 4.79 Å². The standard InChI is InChI=1S/C12H17BrN2OS/c1-7-5-10(17-11(7)13)12(16)15-9-4-2-3-8(9)6-14/h5,8-9H,2-4,6,14H2,1H3,(H,15,16). The lowest BCUT2D eigenvalue weighted by Gasteiger charge is -2.18. The summed E-state index contributed by atoms with van der Waals surface area (Å²) in [7, 11) is 0. The smallest absolute Gasteiger partial charge is 0.261 e. The Morgan fingerprint density at radius 1 is 1.65 bits per heavy atom. The second kappa shape index (κ2) is 5.50. The van der Waals surface area contributed by atoms with Crippen molar-refractivity contribution >= 4 is 33.2 Å². The maximum absolute atomic E-state index is 12.1. The summed E-state index contributed by atoms with van der Waals surface area (Å²) < 4.78 is 1.03. The van der Waals surface area contributed by atoms with Gasteiger partial charge >= 0.3 is 0 Å². The quantitative estimate of drug-likeness (QED) is 0.900. The lowest BCUT2D eigenvalue weighted by molar-refractivity contribution is 0.0933. The Morgan fingerprint density at radius 2 is 2.41 bits per heavy atom. The number of carbonyl (C=O) groups is 1. The second-order valence-electron chi connectivity index (χ2n) is 4.57. The fourth-order valence-corrected chi connectivity index (χ4v) is 3.76.